The summed E-state index contributed by atoms with van der Waals surface area (Å²) in [7, 11) is -0.444. The number of aromatic nitrogens is 1. The minimum absolute atomic E-state index is 0.0293. The molecular weight excluding hydrogens is 454 g/mol. The minimum atomic E-state index is -3.48. The number of H-pyrrole nitrogens is 1. The Kier molecular flexibility index (Phi) is 6.81. The summed E-state index contributed by atoms with van der Waals surface area (Å²) in [6, 6.07) is 18.5. The van der Waals surface area contributed by atoms with E-state index in [1.807, 2.05) is 42.5 Å². The summed E-state index contributed by atoms with van der Waals surface area (Å²) >= 11 is 1.21. The maximum Gasteiger partial charge on any atom is 0.252 e. The monoisotopic (exact) mass is 481 g/mol. The lowest BCUT2D eigenvalue weighted by atomic mass is 9.96. The molecule has 0 aliphatic heterocycles. The smallest absolute Gasteiger partial charge is 0.252 e. The van der Waals surface area contributed by atoms with E-state index in [4.69, 9.17) is 0 Å². The molecule has 0 unspecified atom stereocenters. The Morgan fingerprint density at radius 3 is 2.52 bits per heavy atom. The molecule has 0 spiro atoms. The van der Waals surface area contributed by atoms with Crippen molar-refractivity contribution in [2.45, 2.75) is 30.1 Å². The number of rotatable bonds is 9. The first-order chi connectivity index (χ1) is 15.8. The van der Waals surface area contributed by atoms with Crippen molar-refractivity contribution in [2.24, 2.45) is 0 Å². The molecule has 4 rings (SSSR count). The van der Waals surface area contributed by atoms with Crippen LogP contribution in [0.3, 0.4) is 0 Å². The molecule has 0 amide bonds. The van der Waals surface area contributed by atoms with Gasteiger partial charge in [0.05, 0.1) is 6.04 Å². The van der Waals surface area contributed by atoms with Gasteiger partial charge in [0.1, 0.15) is 4.21 Å². The highest BCUT2D eigenvalue weighted by atomic mass is 32.2. The molecule has 0 saturated carbocycles. The van der Waals surface area contributed by atoms with Crippen LogP contribution in [0.25, 0.3) is 10.9 Å². The zero-order valence-corrected chi connectivity index (χ0v) is 20.5. The number of carbonyl (C=O) groups excluding carboxylic acids is 1. The van der Waals surface area contributed by atoms with Gasteiger partial charge in [0.2, 0.25) is 0 Å². The SMILES string of the molecule is CCc1cccc2c(C(=O)[C@@H](NCc3ccc(S(=O)(=O)N(C)C)s3)c3ccccc3)c[nH]c12. The normalized spacial score (nSPS) is 13.0. The molecular formula is C25H27N3O3S2. The predicted molar refractivity (Wildman–Crippen MR) is 133 cm³/mol. The molecule has 0 bridgehead atoms. The highest BCUT2D eigenvalue weighted by Crippen LogP contribution is 2.28. The van der Waals surface area contributed by atoms with E-state index in [0.29, 0.717) is 12.1 Å². The van der Waals surface area contributed by atoms with Crippen LogP contribution in [-0.4, -0.2) is 37.6 Å². The number of nitrogens with zero attached hydrogens (tertiary/aromatic N) is 1. The van der Waals surface area contributed by atoms with Crippen LogP contribution in [0.15, 0.2) is 71.1 Å². The van der Waals surface area contributed by atoms with Gasteiger partial charge >= 0.3 is 0 Å². The van der Waals surface area contributed by atoms with Crippen molar-refractivity contribution in [1.29, 1.82) is 0 Å². The molecule has 6 nitrogen and oxygen atoms in total. The number of aromatic amines is 1. The maximum atomic E-state index is 13.7. The summed E-state index contributed by atoms with van der Waals surface area (Å²) in [4.78, 5) is 17.8. The van der Waals surface area contributed by atoms with Crippen LogP contribution in [0.2, 0.25) is 0 Å². The van der Waals surface area contributed by atoms with Crippen LogP contribution in [0, 0.1) is 0 Å². The highest BCUT2D eigenvalue weighted by molar-refractivity contribution is 7.91. The van der Waals surface area contributed by atoms with Crippen LogP contribution in [0.1, 0.15) is 39.3 Å². The first-order valence-electron chi connectivity index (χ1n) is 10.8. The Morgan fingerprint density at radius 1 is 1.06 bits per heavy atom. The molecule has 33 heavy (non-hydrogen) atoms. The van der Waals surface area contributed by atoms with E-state index in [-0.39, 0.29) is 9.99 Å². The van der Waals surface area contributed by atoms with Gasteiger partial charge in [-0.1, -0.05) is 55.5 Å². The van der Waals surface area contributed by atoms with E-state index in [1.165, 1.54) is 35.3 Å². The lowest BCUT2D eigenvalue weighted by molar-refractivity contribution is 0.0944. The maximum absolute atomic E-state index is 13.7. The fourth-order valence-electron chi connectivity index (χ4n) is 3.85. The molecule has 2 aromatic heterocycles. The van der Waals surface area contributed by atoms with E-state index in [1.54, 1.807) is 18.3 Å². The second-order valence-electron chi connectivity index (χ2n) is 7.99. The van der Waals surface area contributed by atoms with Crippen LogP contribution < -0.4 is 5.32 Å². The molecule has 2 N–H and O–H groups in total. The quantitative estimate of drug-likeness (QED) is 0.338. The number of Topliss-reactive ketones (excluding diaryl/α,β-unsaturated/α-hetero) is 1. The number of benzene rings is 2. The Labute approximate surface area is 198 Å². The molecule has 2 heterocycles. The number of ketones is 1. The van der Waals surface area contributed by atoms with Crippen molar-refractivity contribution in [3.63, 3.8) is 0 Å². The van der Waals surface area contributed by atoms with E-state index < -0.39 is 16.1 Å². The third kappa shape index (κ3) is 4.65. The van der Waals surface area contributed by atoms with Gasteiger partial charge in [-0.2, -0.15) is 0 Å². The van der Waals surface area contributed by atoms with Gasteiger partial charge in [-0.05, 0) is 29.7 Å². The first kappa shape index (κ1) is 23.4. The third-order valence-electron chi connectivity index (χ3n) is 5.70. The number of thiophene rings is 1. The fourth-order valence-corrected chi connectivity index (χ4v) is 6.33. The van der Waals surface area contributed by atoms with Gasteiger partial charge in [0.15, 0.2) is 5.78 Å². The van der Waals surface area contributed by atoms with E-state index >= 15 is 0 Å². The summed E-state index contributed by atoms with van der Waals surface area (Å²) in [6.07, 6.45) is 2.67. The Hall–Kier alpha value is -2.78. The molecule has 0 aliphatic carbocycles. The standard InChI is InChI=1S/C25H27N3O3S2/c1-4-17-11-8-12-20-21(16-27-23(17)20)25(29)24(18-9-6-5-7-10-18)26-15-19-13-14-22(32-19)33(30,31)28(2)3/h5-14,16,24,26-27H,4,15H2,1-3H3/t24-/m0/s1. The number of fused-ring (bicyclic) bond motifs is 1. The molecule has 0 fully saturated rings. The number of carbonyl (C=O) groups is 1. The first-order valence-corrected chi connectivity index (χ1v) is 13.0. The molecule has 172 valence electrons. The molecule has 4 aromatic rings. The molecule has 0 aliphatic rings. The fraction of sp³-hybridized carbons (Fsp3) is 0.240. The van der Waals surface area contributed by atoms with Gasteiger partial charge in [0, 0.05) is 48.2 Å². The average Bonchev–Trinajstić information content (AvgIpc) is 3.47. The molecule has 0 radical (unpaired) electrons. The topological polar surface area (TPSA) is 82.3 Å². The average molecular weight is 482 g/mol. The zero-order chi connectivity index (χ0) is 23.6. The number of para-hydroxylation sites is 1. The Bertz CT molecular complexity index is 1370. The number of hydrogen-bond donors (Lipinski definition) is 2. The molecule has 1 atom stereocenters. The van der Waals surface area contributed by atoms with Crippen LogP contribution in [0.5, 0.6) is 0 Å². The van der Waals surface area contributed by atoms with Gasteiger partial charge < -0.3 is 4.98 Å². The lowest BCUT2D eigenvalue weighted by Gasteiger charge is -2.18. The van der Waals surface area contributed by atoms with Gasteiger partial charge in [-0.25, -0.2) is 12.7 Å². The van der Waals surface area contributed by atoms with Crippen LogP contribution in [-0.2, 0) is 23.0 Å². The zero-order valence-electron chi connectivity index (χ0n) is 18.8. The van der Waals surface area contributed by atoms with E-state index in [0.717, 1.165) is 27.8 Å². The summed E-state index contributed by atoms with van der Waals surface area (Å²) in [6.45, 7) is 2.47. The lowest BCUT2D eigenvalue weighted by Crippen LogP contribution is -2.28. The second kappa shape index (κ2) is 9.61. The van der Waals surface area contributed by atoms with Gasteiger partial charge in [0.25, 0.3) is 10.0 Å². The Balaban J connectivity index is 1.64. The molecule has 0 saturated heterocycles. The highest BCUT2D eigenvalue weighted by Gasteiger charge is 2.25. The predicted octanol–water partition coefficient (Wildman–Crippen LogP) is 4.76. The molecule has 2 aromatic carbocycles. The Morgan fingerprint density at radius 2 is 1.82 bits per heavy atom. The van der Waals surface area contributed by atoms with Gasteiger partial charge in [-0.3, -0.25) is 10.1 Å². The van der Waals surface area contributed by atoms with Crippen LogP contribution in [0.4, 0.5) is 0 Å². The van der Waals surface area contributed by atoms with Crippen molar-refractivity contribution in [2.75, 3.05) is 14.1 Å². The van der Waals surface area contributed by atoms with E-state index in [9.17, 15) is 13.2 Å². The number of hydrogen-bond acceptors (Lipinski definition) is 5. The number of nitrogens with one attached hydrogen (secondary N) is 2. The number of aryl methyl sites for hydroxylation is 1. The largest absolute Gasteiger partial charge is 0.360 e. The van der Waals surface area contributed by atoms with Crippen molar-refractivity contribution < 1.29 is 13.2 Å². The van der Waals surface area contributed by atoms with Crippen molar-refractivity contribution in [3.8, 4) is 0 Å². The van der Waals surface area contributed by atoms with Gasteiger partial charge in [-0.15, -0.1) is 11.3 Å². The summed E-state index contributed by atoms with van der Waals surface area (Å²) in [5.74, 6) is -0.0293. The van der Waals surface area contributed by atoms with Crippen molar-refractivity contribution in [1.82, 2.24) is 14.6 Å². The summed E-state index contributed by atoms with van der Waals surface area (Å²) < 4.78 is 26.3. The summed E-state index contributed by atoms with van der Waals surface area (Å²) in [5.41, 5.74) is 3.67. The van der Waals surface area contributed by atoms with Crippen molar-refractivity contribution in [3.05, 3.63) is 88.4 Å². The minimum Gasteiger partial charge on any atom is -0.360 e. The molecule has 8 heteroatoms. The number of sulfonamides is 1. The van der Waals surface area contributed by atoms with Crippen molar-refractivity contribution >= 4 is 38.0 Å². The third-order valence-corrected chi connectivity index (χ3v) is 9.06. The van der Waals surface area contributed by atoms with Crippen LogP contribution >= 0.6 is 11.3 Å². The second-order valence-corrected chi connectivity index (χ2v) is 11.5. The van der Waals surface area contributed by atoms with E-state index in [2.05, 4.69) is 23.3 Å². The summed E-state index contributed by atoms with van der Waals surface area (Å²) in [5, 5.41) is 4.28.